The molecule has 5 nitrogen and oxygen atoms in total. The normalized spacial score (nSPS) is 12.1. The predicted octanol–water partition coefficient (Wildman–Crippen LogP) is 2.75. The maximum absolute atomic E-state index is 12.0. The molecule has 128 valence electrons. The summed E-state index contributed by atoms with van der Waals surface area (Å²) >= 11 is 5.99. The second kappa shape index (κ2) is 9.53. The van der Waals surface area contributed by atoms with Crippen LogP contribution in [0.15, 0.2) is 18.2 Å². The maximum Gasteiger partial charge on any atom is 0.313 e. The zero-order valence-electron chi connectivity index (χ0n) is 13.9. The third-order valence-electron chi connectivity index (χ3n) is 3.62. The zero-order valence-corrected chi connectivity index (χ0v) is 14.6. The first kappa shape index (κ1) is 19.5. The molecule has 3 N–H and O–H groups in total. The maximum atomic E-state index is 12.0. The highest BCUT2D eigenvalue weighted by atomic mass is 35.5. The monoisotopic (exact) mass is 340 g/mol. The summed E-state index contributed by atoms with van der Waals surface area (Å²) in [7, 11) is 0. The van der Waals surface area contributed by atoms with Crippen LogP contribution in [0.3, 0.4) is 0 Å². The van der Waals surface area contributed by atoms with Crippen molar-refractivity contribution in [2.45, 2.75) is 33.6 Å². The summed E-state index contributed by atoms with van der Waals surface area (Å²) in [5.74, 6) is -0.783. The van der Waals surface area contributed by atoms with E-state index in [0.717, 1.165) is 6.42 Å². The highest BCUT2D eigenvalue weighted by Crippen LogP contribution is 2.22. The summed E-state index contributed by atoms with van der Waals surface area (Å²) in [4.78, 5) is 23.9. The molecule has 6 heteroatoms. The smallest absolute Gasteiger partial charge is 0.313 e. The van der Waals surface area contributed by atoms with E-state index in [1.807, 2.05) is 0 Å². The van der Waals surface area contributed by atoms with Gasteiger partial charge in [0.05, 0.1) is 0 Å². The third kappa shape index (κ3) is 6.59. The SMILES string of the molecule is Cc1c(Cl)cccc1NC(=O)C(=O)NCC(CCO)CC(C)C. The van der Waals surface area contributed by atoms with Crippen LogP contribution in [0.4, 0.5) is 5.69 Å². The van der Waals surface area contributed by atoms with E-state index in [2.05, 4.69) is 24.5 Å². The van der Waals surface area contributed by atoms with E-state index in [0.29, 0.717) is 35.2 Å². The third-order valence-corrected chi connectivity index (χ3v) is 4.02. The van der Waals surface area contributed by atoms with Crippen molar-refractivity contribution in [3.63, 3.8) is 0 Å². The molecule has 0 saturated carbocycles. The standard InChI is InChI=1S/C17H25ClN2O3/c1-11(2)9-13(7-8-21)10-19-16(22)17(23)20-15-6-4-5-14(18)12(15)3/h4-6,11,13,21H,7-10H2,1-3H3,(H,19,22)(H,20,23). The molecule has 0 fully saturated rings. The number of benzene rings is 1. The molecule has 0 saturated heterocycles. The molecular weight excluding hydrogens is 316 g/mol. The molecule has 0 aliphatic rings. The Balaban J connectivity index is 2.56. The largest absolute Gasteiger partial charge is 0.396 e. The lowest BCUT2D eigenvalue weighted by Gasteiger charge is -2.18. The second-order valence-electron chi connectivity index (χ2n) is 6.08. The first-order chi connectivity index (χ1) is 10.8. The average molecular weight is 341 g/mol. The highest BCUT2D eigenvalue weighted by molar-refractivity contribution is 6.40. The minimum absolute atomic E-state index is 0.0706. The van der Waals surface area contributed by atoms with Gasteiger partial charge in [-0.1, -0.05) is 31.5 Å². The van der Waals surface area contributed by atoms with Crippen molar-refractivity contribution in [1.82, 2.24) is 5.32 Å². The molecule has 1 atom stereocenters. The van der Waals surface area contributed by atoms with Gasteiger partial charge in [0.25, 0.3) is 0 Å². The van der Waals surface area contributed by atoms with Crippen LogP contribution >= 0.6 is 11.6 Å². The lowest BCUT2D eigenvalue weighted by atomic mass is 9.94. The highest BCUT2D eigenvalue weighted by Gasteiger charge is 2.17. The van der Waals surface area contributed by atoms with Gasteiger partial charge in [-0.05, 0) is 49.3 Å². The second-order valence-corrected chi connectivity index (χ2v) is 6.49. The zero-order chi connectivity index (χ0) is 17.4. The van der Waals surface area contributed by atoms with Gasteiger partial charge in [0.1, 0.15) is 0 Å². The van der Waals surface area contributed by atoms with E-state index >= 15 is 0 Å². The van der Waals surface area contributed by atoms with Gasteiger partial charge in [-0.25, -0.2) is 0 Å². The Morgan fingerprint density at radius 3 is 2.57 bits per heavy atom. The van der Waals surface area contributed by atoms with Crippen LogP contribution in [0.5, 0.6) is 0 Å². The summed E-state index contributed by atoms with van der Waals surface area (Å²) < 4.78 is 0. The number of hydrogen-bond acceptors (Lipinski definition) is 3. The number of hydrogen-bond donors (Lipinski definition) is 3. The molecule has 0 aliphatic heterocycles. The molecule has 0 radical (unpaired) electrons. The van der Waals surface area contributed by atoms with Gasteiger partial charge < -0.3 is 15.7 Å². The van der Waals surface area contributed by atoms with Crippen molar-refractivity contribution in [2.75, 3.05) is 18.5 Å². The Labute approximate surface area is 142 Å². The number of aliphatic hydroxyl groups is 1. The molecule has 0 bridgehead atoms. The topological polar surface area (TPSA) is 78.4 Å². The fraction of sp³-hybridized carbons (Fsp3) is 0.529. The van der Waals surface area contributed by atoms with Crippen LogP contribution in [0.25, 0.3) is 0 Å². The van der Waals surface area contributed by atoms with Crippen molar-refractivity contribution in [3.05, 3.63) is 28.8 Å². The van der Waals surface area contributed by atoms with Crippen LogP contribution in [0, 0.1) is 18.8 Å². The van der Waals surface area contributed by atoms with E-state index in [4.69, 9.17) is 16.7 Å². The van der Waals surface area contributed by atoms with Crippen LogP contribution in [-0.4, -0.2) is 30.1 Å². The molecule has 1 unspecified atom stereocenters. The van der Waals surface area contributed by atoms with Gasteiger partial charge in [-0.2, -0.15) is 0 Å². The Morgan fingerprint density at radius 2 is 1.96 bits per heavy atom. The Bertz CT molecular complexity index is 547. The molecule has 1 aromatic carbocycles. The molecule has 1 rings (SSSR count). The first-order valence-electron chi connectivity index (χ1n) is 7.80. The molecule has 23 heavy (non-hydrogen) atoms. The Kier molecular flexibility index (Phi) is 8.06. The van der Waals surface area contributed by atoms with Gasteiger partial charge in [-0.15, -0.1) is 0 Å². The van der Waals surface area contributed by atoms with Gasteiger partial charge >= 0.3 is 11.8 Å². The van der Waals surface area contributed by atoms with Crippen LogP contribution in [0.2, 0.25) is 5.02 Å². The number of amides is 2. The van der Waals surface area contributed by atoms with E-state index in [1.54, 1.807) is 25.1 Å². The molecule has 2 amide bonds. The van der Waals surface area contributed by atoms with Crippen LogP contribution in [-0.2, 0) is 9.59 Å². The van der Waals surface area contributed by atoms with Crippen molar-refractivity contribution < 1.29 is 14.7 Å². The summed E-state index contributed by atoms with van der Waals surface area (Å²) in [6.45, 7) is 6.39. The number of carbonyl (C=O) groups excluding carboxylic acids is 2. The minimum atomic E-state index is -0.720. The van der Waals surface area contributed by atoms with E-state index in [-0.39, 0.29) is 12.5 Å². The molecule has 0 aromatic heterocycles. The number of halogens is 1. The van der Waals surface area contributed by atoms with Gasteiger partial charge in [0.15, 0.2) is 0 Å². The summed E-state index contributed by atoms with van der Waals surface area (Å²) in [6.07, 6.45) is 1.49. The molecular formula is C17H25ClN2O3. The fourth-order valence-electron chi connectivity index (χ4n) is 2.39. The quantitative estimate of drug-likeness (QED) is 0.668. The Hall–Kier alpha value is -1.59. The molecule has 0 aliphatic carbocycles. The number of carbonyl (C=O) groups is 2. The lowest BCUT2D eigenvalue weighted by Crippen LogP contribution is -2.38. The molecule has 1 aromatic rings. The minimum Gasteiger partial charge on any atom is -0.396 e. The van der Waals surface area contributed by atoms with Crippen LogP contribution < -0.4 is 10.6 Å². The summed E-state index contributed by atoms with van der Waals surface area (Å²) in [5, 5.41) is 14.8. The van der Waals surface area contributed by atoms with Gasteiger partial charge in [0.2, 0.25) is 0 Å². The number of aliphatic hydroxyl groups excluding tert-OH is 1. The lowest BCUT2D eigenvalue weighted by molar-refractivity contribution is -0.136. The van der Waals surface area contributed by atoms with Crippen molar-refractivity contribution in [2.24, 2.45) is 11.8 Å². The van der Waals surface area contributed by atoms with Gasteiger partial charge in [-0.3, -0.25) is 9.59 Å². The summed E-state index contributed by atoms with van der Waals surface area (Å²) in [6, 6.07) is 5.13. The van der Waals surface area contributed by atoms with Gasteiger partial charge in [0, 0.05) is 23.9 Å². The fourth-order valence-corrected chi connectivity index (χ4v) is 2.57. The van der Waals surface area contributed by atoms with E-state index < -0.39 is 11.8 Å². The Morgan fingerprint density at radius 1 is 1.26 bits per heavy atom. The number of anilines is 1. The van der Waals surface area contributed by atoms with Crippen molar-refractivity contribution in [3.8, 4) is 0 Å². The molecule has 0 spiro atoms. The molecule has 0 heterocycles. The number of nitrogens with one attached hydrogen (secondary N) is 2. The van der Waals surface area contributed by atoms with Crippen LogP contribution in [0.1, 0.15) is 32.3 Å². The average Bonchev–Trinajstić information content (AvgIpc) is 2.48. The van der Waals surface area contributed by atoms with E-state index in [9.17, 15) is 9.59 Å². The van der Waals surface area contributed by atoms with E-state index in [1.165, 1.54) is 0 Å². The van der Waals surface area contributed by atoms with Crippen molar-refractivity contribution >= 4 is 29.1 Å². The summed E-state index contributed by atoms with van der Waals surface area (Å²) in [5.41, 5.74) is 1.24. The predicted molar refractivity (Wildman–Crippen MR) is 92.5 cm³/mol. The first-order valence-corrected chi connectivity index (χ1v) is 8.18. The van der Waals surface area contributed by atoms with Crippen molar-refractivity contribution in [1.29, 1.82) is 0 Å². The number of rotatable bonds is 7.